The Labute approximate surface area is 107 Å². The van der Waals surface area contributed by atoms with Gasteiger partial charge in [0.15, 0.2) is 5.78 Å². The number of ketones is 1. The van der Waals surface area contributed by atoms with Gasteiger partial charge < -0.3 is 4.74 Å². The number of esters is 1. The summed E-state index contributed by atoms with van der Waals surface area (Å²) in [6.45, 7) is 0. The van der Waals surface area contributed by atoms with Gasteiger partial charge in [0.05, 0.1) is 17.0 Å². The Balaban J connectivity index is 2.39. The molecule has 0 aliphatic carbocycles. The second-order valence-corrected chi connectivity index (χ2v) is 4.85. The van der Waals surface area contributed by atoms with Gasteiger partial charge in [-0.25, -0.2) is 0 Å². The fourth-order valence-corrected chi connectivity index (χ4v) is 2.95. The lowest BCUT2D eigenvalue weighted by atomic mass is 10.2. The number of halogens is 1. The summed E-state index contributed by atoms with van der Waals surface area (Å²) in [4.78, 5) is 23.3. The molecule has 1 heterocycles. The molecule has 0 saturated carbocycles. The van der Waals surface area contributed by atoms with E-state index >= 15 is 0 Å². The Morgan fingerprint density at radius 3 is 2.71 bits per heavy atom. The Kier molecular flexibility index (Phi) is 3.45. The van der Waals surface area contributed by atoms with Crippen molar-refractivity contribution in [2.45, 2.75) is 6.42 Å². The highest BCUT2D eigenvalue weighted by molar-refractivity contribution is 7.21. The fraction of sp³-hybridized carbons (Fsp3) is 0.167. The number of carbonyl (C=O) groups excluding carboxylic acids is 2. The third kappa shape index (κ3) is 2.33. The number of hydrogen-bond acceptors (Lipinski definition) is 4. The molecule has 0 aliphatic rings. The standard InChI is InChI=1S/C12H9ClO3S/c1-16-10(15)6-8(14)12-11(13)7-4-2-3-5-9(7)17-12/h2-5H,6H2,1H3. The maximum atomic E-state index is 11.8. The Bertz CT molecular complexity index is 588. The normalized spacial score (nSPS) is 10.5. The summed E-state index contributed by atoms with van der Waals surface area (Å²) in [5, 5.41) is 1.26. The van der Waals surface area contributed by atoms with Crippen molar-refractivity contribution >= 4 is 44.8 Å². The molecule has 0 amide bonds. The summed E-state index contributed by atoms with van der Waals surface area (Å²) < 4.78 is 5.39. The predicted octanol–water partition coefficient (Wildman–Crippen LogP) is 3.30. The first-order valence-electron chi connectivity index (χ1n) is 4.90. The van der Waals surface area contributed by atoms with Gasteiger partial charge in [-0.05, 0) is 6.07 Å². The van der Waals surface area contributed by atoms with Crippen molar-refractivity contribution in [3.8, 4) is 0 Å². The molecule has 1 aromatic carbocycles. The van der Waals surface area contributed by atoms with E-state index in [4.69, 9.17) is 11.6 Å². The van der Waals surface area contributed by atoms with Crippen LogP contribution in [0.2, 0.25) is 5.02 Å². The zero-order chi connectivity index (χ0) is 12.4. The smallest absolute Gasteiger partial charge is 0.313 e. The number of hydrogen-bond donors (Lipinski definition) is 0. The van der Waals surface area contributed by atoms with Crippen molar-refractivity contribution in [3.63, 3.8) is 0 Å². The number of fused-ring (bicyclic) bond motifs is 1. The minimum atomic E-state index is -0.552. The SMILES string of the molecule is COC(=O)CC(=O)c1sc2ccccc2c1Cl. The average Bonchev–Trinajstić information content (AvgIpc) is 2.67. The van der Waals surface area contributed by atoms with Crippen molar-refractivity contribution in [1.82, 2.24) is 0 Å². The van der Waals surface area contributed by atoms with E-state index in [0.717, 1.165) is 10.1 Å². The van der Waals surface area contributed by atoms with Crippen molar-refractivity contribution in [2.24, 2.45) is 0 Å². The number of Topliss-reactive ketones (excluding diaryl/α,β-unsaturated/α-hetero) is 1. The minimum absolute atomic E-state index is 0.275. The third-order valence-corrected chi connectivity index (χ3v) is 4.04. The Hall–Kier alpha value is -1.39. The molecule has 0 aliphatic heterocycles. The molecule has 0 bridgehead atoms. The number of ether oxygens (including phenoxy) is 1. The summed E-state index contributed by atoms with van der Waals surface area (Å²) in [6, 6.07) is 7.48. The van der Waals surface area contributed by atoms with Crippen LogP contribution in [0.4, 0.5) is 0 Å². The summed E-state index contributed by atoms with van der Waals surface area (Å²) in [5.41, 5.74) is 0. The maximum Gasteiger partial charge on any atom is 0.313 e. The second kappa shape index (κ2) is 4.85. The van der Waals surface area contributed by atoms with Gasteiger partial charge in [-0.15, -0.1) is 11.3 Å². The molecule has 0 atom stereocenters. The topological polar surface area (TPSA) is 43.4 Å². The van der Waals surface area contributed by atoms with E-state index in [1.807, 2.05) is 24.3 Å². The largest absolute Gasteiger partial charge is 0.469 e. The number of benzene rings is 1. The first-order chi connectivity index (χ1) is 8.13. The van der Waals surface area contributed by atoms with E-state index in [1.54, 1.807) is 0 Å². The van der Waals surface area contributed by atoms with Crippen LogP contribution in [0.1, 0.15) is 16.1 Å². The maximum absolute atomic E-state index is 11.8. The summed E-state index contributed by atoms with van der Waals surface area (Å²) >= 11 is 7.41. The van der Waals surface area contributed by atoms with E-state index in [0.29, 0.717) is 9.90 Å². The summed E-state index contributed by atoms with van der Waals surface area (Å²) in [5.74, 6) is -0.855. The molecule has 0 fully saturated rings. The fourth-order valence-electron chi connectivity index (χ4n) is 1.48. The zero-order valence-corrected chi connectivity index (χ0v) is 10.6. The number of methoxy groups -OCH3 is 1. The van der Waals surface area contributed by atoms with Gasteiger partial charge in [-0.3, -0.25) is 9.59 Å². The summed E-state index contributed by atoms with van der Waals surface area (Å²) in [7, 11) is 1.25. The van der Waals surface area contributed by atoms with E-state index in [1.165, 1.54) is 18.4 Å². The average molecular weight is 269 g/mol. The highest BCUT2D eigenvalue weighted by Crippen LogP contribution is 2.35. The van der Waals surface area contributed by atoms with Crippen LogP contribution < -0.4 is 0 Å². The molecule has 0 N–H and O–H groups in total. The van der Waals surface area contributed by atoms with Crippen molar-refractivity contribution < 1.29 is 14.3 Å². The number of thiophene rings is 1. The molecule has 88 valence electrons. The van der Waals surface area contributed by atoms with Crippen LogP contribution in [0.3, 0.4) is 0 Å². The van der Waals surface area contributed by atoms with Crippen LogP contribution in [0, 0.1) is 0 Å². The highest BCUT2D eigenvalue weighted by Gasteiger charge is 2.19. The molecule has 2 aromatic rings. The first-order valence-corrected chi connectivity index (χ1v) is 6.10. The van der Waals surface area contributed by atoms with Crippen molar-refractivity contribution in [3.05, 3.63) is 34.2 Å². The van der Waals surface area contributed by atoms with Crippen LogP contribution in [0.15, 0.2) is 24.3 Å². The lowest BCUT2D eigenvalue weighted by Gasteiger charge is -1.97. The monoisotopic (exact) mass is 268 g/mol. The van der Waals surface area contributed by atoms with E-state index in [2.05, 4.69) is 4.74 Å². The van der Waals surface area contributed by atoms with Crippen LogP contribution in [0.5, 0.6) is 0 Å². The predicted molar refractivity (Wildman–Crippen MR) is 67.8 cm³/mol. The molecule has 17 heavy (non-hydrogen) atoms. The molecule has 2 rings (SSSR count). The molecule has 1 aromatic heterocycles. The Morgan fingerprint density at radius 2 is 2.06 bits per heavy atom. The van der Waals surface area contributed by atoms with Crippen LogP contribution in [0.25, 0.3) is 10.1 Å². The lowest BCUT2D eigenvalue weighted by Crippen LogP contribution is -2.08. The van der Waals surface area contributed by atoms with Gasteiger partial charge in [0, 0.05) is 10.1 Å². The first kappa shape index (κ1) is 12.1. The van der Waals surface area contributed by atoms with Gasteiger partial charge >= 0.3 is 5.97 Å². The van der Waals surface area contributed by atoms with Gasteiger partial charge in [0.25, 0.3) is 0 Å². The highest BCUT2D eigenvalue weighted by atomic mass is 35.5. The minimum Gasteiger partial charge on any atom is -0.469 e. The van der Waals surface area contributed by atoms with Gasteiger partial charge in [0.1, 0.15) is 6.42 Å². The van der Waals surface area contributed by atoms with Crippen LogP contribution >= 0.6 is 22.9 Å². The van der Waals surface area contributed by atoms with Crippen molar-refractivity contribution in [2.75, 3.05) is 7.11 Å². The van der Waals surface area contributed by atoms with Gasteiger partial charge in [-0.2, -0.15) is 0 Å². The molecule has 0 spiro atoms. The Morgan fingerprint density at radius 1 is 1.35 bits per heavy atom. The molecule has 0 radical (unpaired) electrons. The van der Waals surface area contributed by atoms with Crippen molar-refractivity contribution in [1.29, 1.82) is 0 Å². The molecule has 0 unspecified atom stereocenters. The zero-order valence-electron chi connectivity index (χ0n) is 9.03. The molecular weight excluding hydrogens is 260 g/mol. The third-order valence-electron chi connectivity index (χ3n) is 2.32. The molecule has 3 nitrogen and oxygen atoms in total. The molecule has 5 heteroatoms. The summed E-state index contributed by atoms with van der Waals surface area (Å²) in [6.07, 6.45) is -0.275. The van der Waals surface area contributed by atoms with Crippen LogP contribution in [-0.4, -0.2) is 18.9 Å². The molecular formula is C12H9ClO3S. The quantitative estimate of drug-likeness (QED) is 0.487. The second-order valence-electron chi connectivity index (χ2n) is 3.42. The van der Waals surface area contributed by atoms with Gasteiger partial charge in [-0.1, -0.05) is 29.8 Å². The number of rotatable bonds is 3. The number of carbonyl (C=O) groups is 2. The van der Waals surface area contributed by atoms with E-state index in [-0.39, 0.29) is 12.2 Å². The van der Waals surface area contributed by atoms with Crippen LogP contribution in [-0.2, 0) is 9.53 Å². The van der Waals surface area contributed by atoms with Gasteiger partial charge in [0.2, 0.25) is 0 Å². The lowest BCUT2D eigenvalue weighted by molar-refractivity contribution is -0.139. The van der Waals surface area contributed by atoms with E-state index in [9.17, 15) is 9.59 Å². The molecule has 0 saturated heterocycles. The van der Waals surface area contributed by atoms with E-state index < -0.39 is 5.97 Å².